The molecule has 1 fully saturated rings. The van der Waals surface area contributed by atoms with Crippen LogP contribution >= 0.6 is 0 Å². The van der Waals surface area contributed by atoms with Crippen molar-refractivity contribution in [2.45, 2.75) is 136 Å². The van der Waals surface area contributed by atoms with Crippen LogP contribution in [0.15, 0.2) is 24.3 Å². The summed E-state index contributed by atoms with van der Waals surface area (Å²) in [5.74, 6) is 2.58. The molecule has 0 aliphatic heterocycles. The third-order valence-electron chi connectivity index (χ3n) is 7.25. The lowest BCUT2D eigenvalue weighted by Crippen LogP contribution is -2.15. The molecule has 3 heteroatoms. The maximum absolute atomic E-state index is 11.9. The van der Waals surface area contributed by atoms with Gasteiger partial charge in [0.2, 0.25) is 0 Å². The molecular weight excluding hydrogens is 408 g/mol. The van der Waals surface area contributed by atoms with Crippen molar-refractivity contribution in [3.05, 3.63) is 29.8 Å². The molecule has 2 rings (SSSR count). The van der Waals surface area contributed by atoms with E-state index in [9.17, 15) is 4.79 Å². The number of benzene rings is 1. The van der Waals surface area contributed by atoms with Crippen LogP contribution in [0, 0.1) is 5.92 Å². The van der Waals surface area contributed by atoms with Gasteiger partial charge >= 0.3 is 5.97 Å². The van der Waals surface area contributed by atoms with Crippen LogP contribution in [0.25, 0.3) is 0 Å². The van der Waals surface area contributed by atoms with Crippen LogP contribution in [-0.4, -0.2) is 18.7 Å². The van der Waals surface area contributed by atoms with Crippen LogP contribution < -0.4 is 4.74 Å². The fourth-order valence-electron chi connectivity index (χ4n) is 5.08. The average Bonchev–Trinajstić information content (AvgIpc) is 2.83. The van der Waals surface area contributed by atoms with Gasteiger partial charge in [-0.15, -0.1) is 0 Å². The lowest BCUT2D eigenvalue weighted by atomic mass is 9.77. The smallest absolute Gasteiger partial charge is 0.306 e. The summed E-state index contributed by atoms with van der Waals surface area (Å²) in [5.41, 5.74) is 1.48. The van der Waals surface area contributed by atoms with Gasteiger partial charge in [-0.1, -0.05) is 77.3 Å². The predicted molar refractivity (Wildman–Crippen MR) is 139 cm³/mol. The van der Waals surface area contributed by atoms with Crippen molar-refractivity contribution in [3.63, 3.8) is 0 Å². The molecule has 33 heavy (non-hydrogen) atoms. The highest BCUT2D eigenvalue weighted by Crippen LogP contribution is 2.38. The minimum atomic E-state index is -0.0550. The molecule has 1 atom stereocenters. The quantitative estimate of drug-likeness (QED) is 0.172. The Labute approximate surface area is 204 Å². The van der Waals surface area contributed by atoms with Crippen molar-refractivity contribution in [1.82, 2.24) is 0 Å². The first-order chi connectivity index (χ1) is 16.1. The molecule has 0 N–H and O–H groups in total. The second-order valence-electron chi connectivity index (χ2n) is 10.2. The molecule has 1 saturated carbocycles. The highest BCUT2D eigenvalue weighted by atomic mass is 16.5. The number of hydrogen-bond donors (Lipinski definition) is 0. The van der Waals surface area contributed by atoms with E-state index in [1.165, 1.54) is 76.2 Å². The zero-order valence-electron chi connectivity index (χ0n) is 21.8. The van der Waals surface area contributed by atoms with Gasteiger partial charge < -0.3 is 9.47 Å². The van der Waals surface area contributed by atoms with Gasteiger partial charge in [-0.25, -0.2) is 0 Å². The van der Waals surface area contributed by atoms with E-state index >= 15 is 0 Å². The van der Waals surface area contributed by atoms with Gasteiger partial charge in [0.25, 0.3) is 0 Å². The Kier molecular flexibility index (Phi) is 14.3. The zero-order chi connectivity index (χ0) is 23.7. The van der Waals surface area contributed by atoms with E-state index in [-0.39, 0.29) is 12.1 Å². The molecule has 1 unspecified atom stereocenters. The fourth-order valence-corrected chi connectivity index (χ4v) is 5.08. The predicted octanol–water partition coefficient (Wildman–Crippen LogP) is 8.99. The van der Waals surface area contributed by atoms with Crippen molar-refractivity contribution in [2.75, 3.05) is 6.61 Å². The summed E-state index contributed by atoms with van der Waals surface area (Å²) in [6.07, 6.45) is 19.2. The SMILES string of the molecule is CCCCCCC(=O)OC(C)CCCOc1ccc(C2CCC(CCCCCC)CC2)cc1. The number of carbonyl (C=O) groups is 1. The molecule has 188 valence electrons. The van der Waals surface area contributed by atoms with Crippen molar-refractivity contribution in [2.24, 2.45) is 5.92 Å². The molecule has 0 aromatic heterocycles. The summed E-state index contributed by atoms with van der Waals surface area (Å²) in [5, 5.41) is 0. The summed E-state index contributed by atoms with van der Waals surface area (Å²) in [7, 11) is 0. The van der Waals surface area contributed by atoms with E-state index in [0.717, 1.165) is 43.3 Å². The molecule has 1 aromatic rings. The van der Waals surface area contributed by atoms with Crippen LogP contribution in [0.4, 0.5) is 0 Å². The molecule has 0 heterocycles. The molecule has 0 radical (unpaired) electrons. The topological polar surface area (TPSA) is 35.5 Å². The number of hydrogen-bond acceptors (Lipinski definition) is 3. The monoisotopic (exact) mass is 458 g/mol. The molecule has 0 bridgehead atoms. The Hall–Kier alpha value is -1.51. The number of rotatable bonds is 17. The molecule has 1 aliphatic rings. The van der Waals surface area contributed by atoms with E-state index in [2.05, 4.69) is 38.1 Å². The van der Waals surface area contributed by atoms with E-state index in [1.54, 1.807) is 0 Å². The first-order valence-corrected chi connectivity index (χ1v) is 14.0. The van der Waals surface area contributed by atoms with Gasteiger partial charge in [0.1, 0.15) is 5.75 Å². The number of carbonyl (C=O) groups excluding carboxylic acids is 1. The maximum Gasteiger partial charge on any atom is 0.306 e. The van der Waals surface area contributed by atoms with Gasteiger partial charge in [0.15, 0.2) is 0 Å². The minimum absolute atomic E-state index is 0.0311. The van der Waals surface area contributed by atoms with E-state index in [4.69, 9.17) is 9.47 Å². The van der Waals surface area contributed by atoms with Crippen molar-refractivity contribution < 1.29 is 14.3 Å². The summed E-state index contributed by atoms with van der Waals surface area (Å²) >= 11 is 0. The normalized spacial score (nSPS) is 19.2. The Morgan fingerprint density at radius 1 is 0.879 bits per heavy atom. The van der Waals surface area contributed by atoms with Crippen LogP contribution in [0.5, 0.6) is 5.75 Å². The summed E-state index contributed by atoms with van der Waals surface area (Å²) in [4.78, 5) is 11.9. The summed E-state index contributed by atoms with van der Waals surface area (Å²) in [6, 6.07) is 8.80. The first-order valence-electron chi connectivity index (χ1n) is 14.0. The number of ether oxygens (including phenoxy) is 2. The molecule has 0 spiro atoms. The second kappa shape index (κ2) is 17.0. The molecule has 0 saturated heterocycles. The molecule has 0 amide bonds. The van der Waals surface area contributed by atoms with Gasteiger partial charge in [-0.2, -0.15) is 0 Å². The highest BCUT2D eigenvalue weighted by molar-refractivity contribution is 5.69. The minimum Gasteiger partial charge on any atom is -0.494 e. The van der Waals surface area contributed by atoms with E-state index < -0.39 is 0 Å². The highest BCUT2D eigenvalue weighted by Gasteiger charge is 2.22. The average molecular weight is 459 g/mol. The fraction of sp³-hybridized carbons (Fsp3) is 0.767. The Morgan fingerprint density at radius 2 is 1.55 bits per heavy atom. The standard InChI is InChI=1S/C30H50O3/c1-4-6-8-10-14-26-16-18-27(19-17-26)28-20-22-29(23-21-28)32-24-12-13-25(3)33-30(31)15-11-9-7-5-2/h20-23,25-27H,4-19,24H2,1-3H3. The summed E-state index contributed by atoms with van der Waals surface area (Å²) in [6.45, 7) is 7.12. The van der Waals surface area contributed by atoms with Crippen molar-refractivity contribution >= 4 is 5.97 Å². The van der Waals surface area contributed by atoms with Gasteiger partial charge in [0, 0.05) is 6.42 Å². The summed E-state index contributed by atoms with van der Waals surface area (Å²) < 4.78 is 11.4. The van der Waals surface area contributed by atoms with E-state index in [1.807, 2.05) is 6.92 Å². The first kappa shape index (κ1) is 27.7. The van der Waals surface area contributed by atoms with Crippen LogP contribution in [0.3, 0.4) is 0 Å². The van der Waals surface area contributed by atoms with Crippen LogP contribution in [0.1, 0.15) is 135 Å². The van der Waals surface area contributed by atoms with Crippen molar-refractivity contribution in [1.29, 1.82) is 0 Å². The van der Waals surface area contributed by atoms with Gasteiger partial charge in [-0.3, -0.25) is 4.79 Å². The van der Waals surface area contributed by atoms with E-state index in [0.29, 0.717) is 13.0 Å². The largest absolute Gasteiger partial charge is 0.494 e. The van der Waals surface area contributed by atoms with Crippen LogP contribution in [-0.2, 0) is 9.53 Å². The molecule has 1 aliphatic carbocycles. The zero-order valence-corrected chi connectivity index (χ0v) is 21.8. The molecule has 3 nitrogen and oxygen atoms in total. The Balaban J connectivity index is 1.57. The third-order valence-corrected chi connectivity index (χ3v) is 7.25. The number of esters is 1. The lowest BCUT2D eigenvalue weighted by Gasteiger charge is -2.29. The Morgan fingerprint density at radius 3 is 2.21 bits per heavy atom. The molecular formula is C30H50O3. The van der Waals surface area contributed by atoms with Crippen molar-refractivity contribution in [3.8, 4) is 5.75 Å². The molecule has 1 aromatic carbocycles. The second-order valence-corrected chi connectivity index (χ2v) is 10.2. The maximum atomic E-state index is 11.9. The third kappa shape index (κ3) is 12.0. The number of unbranched alkanes of at least 4 members (excludes halogenated alkanes) is 6. The van der Waals surface area contributed by atoms with Crippen LogP contribution in [0.2, 0.25) is 0 Å². The van der Waals surface area contributed by atoms with Gasteiger partial charge in [-0.05, 0) is 81.4 Å². The lowest BCUT2D eigenvalue weighted by molar-refractivity contribution is -0.148. The Bertz CT molecular complexity index is 616. The van der Waals surface area contributed by atoms with Gasteiger partial charge in [0.05, 0.1) is 12.7 Å².